The minimum Gasteiger partial charge on any atom is -0.341 e. The van der Waals surface area contributed by atoms with Crippen molar-refractivity contribution in [3.8, 4) is 0 Å². The van der Waals surface area contributed by atoms with Gasteiger partial charge >= 0.3 is 0 Å². The molecular weight excluding hydrogens is 226 g/mol. The van der Waals surface area contributed by atoms with Crippen LogP contribution in [0, 0.1) is 5.92 Å². The minimum absolute atomic E-state index is 0.108. The second kappa shape index (κ2) is 6.53. The highest BCUT2D eigenvalue weighted by molar-refractivity contribution is 5.82. The highest BCUT2D eigenvalue weighted by atomic mass is 16.2. The van der Waals surface area contributed by atoms with E-state index in [1.54, 1.807) is 0 Å². The molecule has 2 fully saturated rings. The van der Waals surface area contributed by atoms with Gasteiger partial charge < -0.3 is 15.1 Å². The van der Waals surface area contributed by atoms with E-state index in [0.29, 0.717) is 11.8 Å². The zero-order chi connectivity index (χ0) is 13.0. The molecule has 2 aliphatic rings. The fourth-order valence-electron chi connectivity index (χ4n) is 3.21. The summed E-state index contributed by atoms with van der Waals surface area (Å²) >= 11 is 0. The number of hydrogen-bond acceptors (Lipinski definition) is 3. The maximum Gasteiger partial charge on any atom is 0.239 e. The lowest BCUT2D eigenvalue weighted by atomic mass is 10.1. The van der Waals surface area contributed by atoms with Gasteiger partial charge in [0.25, 0.3) is 0 Å². The summed E-state index contributed by atoms with van der Waals surface area (Å²) in [7, 11) is 2.19. The van der Waals surface area contributed by atoms with Gasteiger partial charge in [0.1, 0.15) is 0 Å². The third-order valence-electron chi connectivity index (χ3n) is 4.13. The highest BCUT2D eigenvalue weighted by Gasteiger charge is 2.32. The molecule has 2 heterocycles. The predicted molar refractivity (Wildman–Crippen MR) is 73.5 cm³/mol. The van der Waals surface area contributed by atoms with Gasteiger partial charge in [0.15, 0.2) is 0 Å². The third kappa shape index (κ3) is 3.45. The van der Waals surface area contributed by atoms with Gasteiger partial charge in [-0.25, -0.2) is 0 Å². The number of amides is 1. The highest BCUT2D eigenvalue weighted by Crippen LogP contribution is 2.19. The zero-order valence-corrected chi connectivity index (χ0v) is 11.8. The molecule has 0 spiro atoms. The number of rotatable bonds is 5. The van der Waals surface area contributed by atoms with Crippen LogP contribution in [0.3, 0.4) is 0 Å². The van der Waals surface area contributed by atoms with Crippen molar-refractivity contribution in [3.63, 3.8) is 0 Å². The van der Waals surface area contributed by atoms with E-state index in [1.807, 2.05) is 0 Å². The van der Waals surface area contributed by atoms with Gasteiger partial charge in [-0.05, 0) is 51.7 Å². The summed E-state index contributed by atoms with van der Waals surface area (Å²) in [5.74, 6) is 1.01. The molecular formula is C14H27N3O. The fraction of sp³-hybridized carbons (Fsp3) is 0.929. The van der Waals surface area contributed by atoms with Crippen LogP contribution >= 0.6 is 0 Å². The van der Waals surface area contributed by atoms with Crippen molar-refractivity contribution in [2.45, 2.75) is 38.6 Å². The molecule has 1 amide bonds. The van der Waals surface area contributed by atoms with Crippen LogP contribution < -0.4 is 5.32 Å². The Balaban J connectivity index is 1.75. The SMILES string of the molecule is CCCN(C)CC1CCN(C(=O)C2CCCN2)C1. The summed E-state index contributed by atoms with van der Waals surface area (Å²) in [4.78, 5) is 16.7. The average molecular weight is 253 g/mol. The Morgan fingerprint density at radius 3 is 2.94 bits per heavy atom. The van der Waals surface area contributed by atoms with Crippen LogP contribution in [0.5, 0.6) is 0 Å². The Bertz CT molecular complexity index is 276. The van der Waals surface area contributed by atoms with Crippen molar-refractivity contribution in [3.05, 3.63) is 0 Å². The summed E-state index contributed by atoms with van der Waals surface area (Å²) in [5.41, 5.74) is 0. The molecule has 0 aliphatic carbocycles. The lowest BCUT2D eigenvalue weighted by molar-refractivity contribution is -0.132. The second-order valence-electron chi connectivity index (χ2n) is 5.85. The first-order chi connectivity index (χ1) is 8.70. The quantitative estimate of drug-likeness (QED) is 0.792. The summed E-state index contributed by atoms with van der Waals surface area (Å²) in [6.07, 6.45) is 4.55. The molecule has 2 saturated heterocycles. The molecule has 0 aromatic carbocycles. The molecule has 104 valence electrons. The molecule has 0 saturated carbocycles. The molecule has 1 N–H and O–H groups in total. The third-order valence-corrected chi connectivity index (χ3v) is 4.13. The lowest BCUT2D eigenvalue weighted by Crippen LogP contribution is -2.42. The first-order valence-corrected chi connectivity index (χ1v) is 7.41. The van der Waals surface area contributed by atoms with Gasteiger partial charge in [-0.2, -0.15) is 0 Å². The number of carbonyl (C=O) groups excluding carboxylic acids is 1. The summed E-state index contributed by atoms with van der Waals surface area (Å²) in [6, 6.07) is 0.108. The van der Waals surface area contributed by atoms with Gasteiger partial charge in [-0.1, -0.05) is 6.92 Å². The van der Waals surface area contributed by atoms with E-state index in [0.717, 1.165) is 45.6 Å². The van der Waals surface area contributed by atoms with E-state index in [9.17, 15) is 4.79 Å². The topological polar surface area (TPSA) is 35.6 Å². The van der Waals surface area contributed by atoms with Gasteiger partial charge in [-0.3, -0.25) is 4.79 Å². The molecule has 2 unspecified atom stereocenters. The number of likely N-dealkylation sites (tertiary alicyclic amines) is 1. The minimum atomic E-state index is 0.108. The second-order valence-corrected chi connectivity index (χ2v) is 5.85. The summed E-state index contributed by atoms with van der Waals surface area (Å²) in [6.45, 7) is 7.44. The van der Waals surface area contributed by atoms with Crippen molar-refractivity contribution < 1.29 is 4.79 Å². The van der Waals surface area contributed by atoms with Crippen LogP contribution in [0.4, 0.5) is 0 Å². The number of nitrogens with one attached hydrogen (secondary N) is 1. The predicted octanol–water partition coefficient (Wildman–Crippen LogP) is 0.929. The standard InChI is InChI=1S/C14H27N3O/c1-3-8-16(2)10-12-6-9-17(11-12)14(18)13-5-4-7-15-13/h12-13,15H,3-11H2,1-2H3. The normalized spacial score (nSPS) is 28.3. The van der Waals surface area contributed by atoms with Crippen molar-refractivity contribution in [2.24, 2.45) is 5.92 Å². The molecule has 2 atom stereocenters. The maximum atomic E-state index is 12.3. The van der Waals surface area contributed by atoms with Crippen molar-refractivity contribution in [2.75, 3.05) is 39.8 Å². The van der Waals surface area contributed by atoms with E-state index in [1.165, 1.54) is 12.8 Å². The first-order valence-electron chi connectivity index (χ1n) is 7.41. The summed E-state index contributed by atoms with van der Waals surface area (Å²) in [5, 5.41) is 3.31. The Morgan fingerprint density at radius 2 is 2.28 bits per heavy atom. The van der Waals surface area contributed by atoms with Gasteiger partial charge in [0.2, 0.25) is 5.91 Å². The van der Waals surface area contributed by atoms with Crippen molar-refractivity contribution in [1.29, 1.82) is 0 Å². The Kier molecular flexibility index (Phi) is 5.01. The van der Waals surface area contributed by atoms with E-state index >= 15 is 0 Å². The van der Waals surface area contributed by atoms with E-state index in [2.05, 4.69) is 29.1 Å². The van der Waals surface area contributed by atoms with E-state index < -0.39 is 0 Å². The van der Waals surface area contributed by atoms with Crippen LogP contribution in [-0.2, 0) is 4.79 Å². The number of nitrogens with zero attached hydrogens (tertiary/aromatic N) is 2. The lowest BCUT2D eigenvalue weighted by Gasteiger charge is -2.22. The molecule has 0 aromatic rings. The zero-order valence-electron chi connectivity index (χ0n) is 11.8. The fourth-order valence-corrected chi connectivity index (χ4v) is 3.21. The van der Waals surface area contributed by atoms with Gasteiger partial charge in [0, 0.05) is 19.6 Å². The van der Waals surface area contributed by atoms with Crippen LogP contribution in [0.1, 0.15) is 32.6 Å². The maximum absolute atomic E-state index is 12.3. The average Bonchev–Trinajstić information content (AvgIpc) is 2.98. The largest absolute Gasteiger partial charge is 0.341 e. The van der Waals surface area contributed by atoms with Crippen LogP contribution in [-0.4, -0.2) is 61.5 Å². The molecule has 18 heavy (non-hydrogen) atoms. The van der Waals surface area contributed by atoms with E-state index in [-0.39, 0.29) is 6.04 Å². The van der Waals surface area contributed by atoms with Gasteiger partial charge in [-0.15, -0.1) is 0 Å². The smallest absolute Gasteiger partial charge is 0.239 e. The Hall–Kier alpha value is -0.610. The molecule has 4 nitrogen and oxygen atoms in total. The van der Waals surface area contributed by atoms with Gasteiger partial charge in [0.05, 0.1) is 6.04 Å². The Morgan fingerprint density at radius 1 is 1.44 bits per heavy atom. The number of hydrogen-bond donors (Lipinski definition) is 1. The molecule has 2 rings (SSSR count). The van der Waals surface area contributed by atoms with Crippen molar-refractivity contribution in [1.82, 2.24) is 15.1 Å². The molecule has 4 heteroatoms. The molecule has 2 aliphatic heterocycles. The number of carbonyl (C=O) groups is 1. The molecule has 0 aromatic heterocycles. The molecule has 0 bridgehead atoms. The summed E-state index contributed by atoms with van der Waals surface area (Å²) < 4.78 is 0. The molecule has 0 radical (unpaired) electrons. The van der Waals surface area contributed by atoms with E-state index in [4.69, 9.17) is 0 Å². The van der Waals surface area contributed by atoms with Crippen molar-refractivity contribution >= 4 is 5.91 Å². The first kappa shape index (κ1) is 13.8. The van der Waals surface area contributed by atoms with Crippen LogP contribution in [0.2, 0.25) is 0 Å². The van der Waals surface area contributed by atoms with Crippen LogP contribution in [0.15, 0.2) is 0 Å². The van der Waals surface area contributed by atoms with Crippen LogP contribution in [0.25, 0.3) is 0 Å². The Labute approximate surface area is 111 Å². The monoisotopic (exact) mass is 253 g/mol.